The van der Waals surface area contributed by atoms with E-state index in [9.17, 15) is 4.79 Å². The molecule has 0 aliphatic carbocycles. The lowest BCUT2D eigenvalue weighted by molar-refractivity contribution is 0.0674. The maximum atomic E-state index is 11.9. The normalized spacial score (nSPS) is 24.8. The highest BCUT2D eigenvalue weighted by Crippen LogP contribution is 2.18. The maximum Gasteiger partial charge on any atom is 0.409 e. The third-order valence-corrected chi connectivity index (χ3v) is 4.62. The molecule has 1 amide bonds. The number of ether oxygens (including phenoxy) is 1. The molecule has 0 N–H and O–H groups in total. The molecule has 0 radical (unpaired) electrons. The molecule has 5 heteroatoms. The van der Waals surface area contributed by atoms with Gasteiger partial charge in [-0.05, 0) is 45.3 Å². The molecule has 0 bridgehead atoms. The fourth-order valence-corrected chi connectivity index (χ4v) is 3.16. The Morgan fingerprint density at radius 2 is 1.90 bits per heavy atom. The molecular weight excluding hydrogens is 266 g/mol. The molecule has 0 aromatic heterocycles. The van der Waals surface area contributed by atoms with Gasteiger partial charge in [-0.15, -0.1) is 0 Å². The van der Waals surface area contributed by atoms with Gasteiger partial charge in [0.2, 0.25) is 0 Å². The second kappa shape index (κ2) is 7.99. The molecular formula is C16H31N3O2. The number of likely N-dealkylation sites (tertiary alicyclic amines) is 1. The van der Waals surface area contributed by atoms with E-state index in [2.05, 4.69) is 30.7 Å². The summed E-state index contributed by atoms with van der Waals surface area (Å²) < 4.78 is 5.30. The lowest BCUT2D eigenvalue weighted by Gasteiger charge is -2.35. The van der Waals surface area contributed by atoms with Crippen LogP contribution in [0.1, 0.15) is 33.1 Å². The van der Waals surface area contributed by atoms with Crippen LogP contribution in [0.2, 0.25) is 0 Å². The Balaban J connectivity index is 1.62. The predicted molar refractivity (Wildman–Crippen MR) is 84.5 cm³/mol. The van der Waals surface area contributed by atoms with Crippen molar-refractivity contribution in [3.8, 4) is 0 Å². The predicted octanol–water partition coefficient (Wildman–Crippen LogP) is 1.88. The Hall–Kier alpha value is -0.810. The summed E-state index contributed by atoms with van der Waals surface area (Å²) in [5.74, 6) is 0.402. The van der Waals surface area contributed by atoms with Gasteiger partial charge >= 0.3 is 6.09 Å². The van der Waals surface area contributed by atoms with E-state index in [1.807, 2.05) is 4.90 Å². The van der Waals surface area contributed by atoms with Crippen molar-refractivity contribution >= 4 is 6.09 Å². The fourth-order valence-electron chi connectivity index (χ4n) is 3.16. The van der Waals surface area contributed by atoms with E-state index in [-0.39, 0.29) is 6.09 Å². The lowest BCUT2D eigenvalue weighted by atomic mass is 10.1. The topological polar surface area (TPSA) is 36.0 Å². The van der Waals surface area contributed by atoms with E-state index in [0.717, 1.165) is 38.8 Å². The van der Waals surface area contributed by atoms with Crippen molar-refractivity contribution in [2.45, 2.75) is 39.2 Å². The quantitative estimate of drug-likeness (QED) is 0.776. The van der Waals surface area contributed by atoms with Crippen molar-refractivity contribution in [1.29, 1.82) is 0 Å². The summed E-state index contributed by atoms with van der Waals surface area (Å²) in [6.07, 6.45) is 3.81. The molecule has 0 spiro atoms. The van der Waals surface area contributed by atoms with Crippen LogP contribution in [0.4, 0.5) is 4.79 Å². The van der Waals surface area contributed by atoms with Crippen LogP contribution in [0.5, 0.6) is 0 Å². The molecule has 1 atom stereocenters. The molecule has 2 fully saturated rings. The van der Waals surface area contributed by atoms with Crippen LogP contribution in [-0.2, 0) is 4.74 Å². The number of carbonyl (C=O) groups is 1. The minimum absolute atomic E-state index is 0.140. The number of amides is 1. The monoisotopic (exact) mass is 297 g/mol. The molecule has 5 nitrogen and oxygen atoms in total. The number of hydrogen-bond acceptors (Lipinski definition) is 4. The van der Waals surface area contributed by atoms with Gasteiger partial charge < -0.3 is 14.5 Å². The Bertz CT molecular complexity index is 327. The average Bonchev–Trinajstić information content (AvgIpc) is 2.88. The summed E-state index contributed by atoms with van der Waals surface area (Å²) in [5, 5.41) is 0. The van der Waals surface area contributed by atoms with E-state index < -0.39 is 0 Å². The number of nitrogens with zero attached hydrogens (tertiary/aromatic N) is 3. The zero-order valence-corrected chi connectivity index (χ0v) is 13.9. The van der Waals surface area contributed by atoms with Gasteiger partial charge in [0.1, 0.15) is 0 Å². The molecule has 2 heterocycles. The molecule has 0 aromatic rings. The standard InChI is InChI=1S/C16H31N3O2/c1-14(2)13-21-16(20)19-11-9-18(10-12-19)8-6-15-5-4-7-17(15)3/h14-15H,4-13H2,1-3H3/t15-/m0/s1. The van der Waals surface area contributed by atoms with Gasteiger partial charge in [0.25, 0.3) is 0 Å². The van der Waals surface area contributed by atoms with Crippen molar-refractivity contribution < 1.29 is 9.53 Å². The van der Waals surface area contributed by atoms with Gasteiger partial charge in [0.15, 0.2) is 0 Å². The van der Waals surface area contributed by atoms with Crippen LogP contribution in [-0.4, -0.2) is 79.8 Å². The average molecular weight is 297 g/mol. The first-order valence-electron chi connectivity index (χ1n) is 8.40. The molecule has 0 unspecified atom stereocenters. The van der Waals surface area contributed by atoms with Crippen LogP contribution in [0.15, 0.2) is 0 Å². The number of piperazine rings is 1. The van der Waals surface area contributed by atoms with E-state index in [1.54, 1.807) is 0 Å². The van der Waals surface area contributed by atoms with Crippen LogP contribution in [0.3, 0.4) is 0 Å². The van der Waals surface area contributed by atoms with Crippen molar-refractivity contribution in [3.63, 3.8) is 0 Å². The van der Waals surface area contributed by atoms with Crippen LogP contribution >= 0.6 is 0 Å². The Labute approximate surface area is 129 Å². The second-order valence-electron chi connectivity index (χ2n) is 6.86. The summed E-state index contributed by atoms with van der Waals surface area (Å²) in [6.45, 7) is 10.6. The molecule has 2 aliphatic rings. The van der Waals surface area contributed by atoms with Crippen LogP contribution in [0.25, 0.3) is 0 Å². The minimum Gasteiger partial charge on any atom is -0.449 e. The molecule has 2 saturated heterocycles. The zero-order valence-electron chi connectivity index (χ0n) is 13.9. The van der Waals surface area contributed by atoms with Crippen molar-refractivity contribution in [3.05, 3.63) is 0 Å². The third kappa shape index (κ3) is 5.15. The van der Waals surface area contributed by atoms with Gasteiger partial charge in [0, 0.05) is 32.2 Å². The summed E-state index contributed by atoms with van der Waals surface area (Å²) in [6, 6.07) is 0.763. The van der Waals surface area contributed by atoms with Gasteiger partial charge in [-0.3, -0.25) is 4.90 Å². The smallest absolute Gasteiger partial charge is 0.409 e. The van der Waals surface area contributed by atoms with Gasteiger partial charge in [0.05, 0.1) is 6.61 Å². The third-order valence-electron chi connectivity index (χ3n) is 4.62. The number of rotatable bonds is 5. The van der Waals surface area contributed by atoms with Crippen LogP contribution < -0.4 is 0 Å². The summed E-state index contributed by atoms with van der Waals surface area (Å²) in [4.78, 5) is 18.7. The SMILES string of the molecule is CC(C)COC(=O)N1CCN(CC[C@@H]2CCCN2C)CC1. The van der Waals surface area contributed by atoms with Crippen LogP contribution in [0, 0.1) is 5.92 Å². The first kappa shape index (κ1) is 16.6. The highest BCUT2D eigenvalue weighted by atomic mass is 16.6. The van der Waals surface area contributed by atoms with Gasteiger partial charge in [-0.1, -0.05) is 13.8 Å². The second-order valence-corrected chi connectivity index (χ2v) is 6.86. The Morgan fingerprint density at radius 1 is 1.19 bits per heavy atom. The van der Waals surface area contributed by atoms with Crippen molar-refractivity contribution in [1.82, 2.24) is 14.7 Å². The lowest BCUT2D eigenvalue weighted by Crippen LogP contribution is -2.49. The van der Waals surface area contributed by atoms with E-state index >= 15 is 0 Å². The van der Waals surface area contributed by atoms with E-state index in [4.69, 9.17) is 4.74 Å². The number of carbonyl (C=O) groups excluding carboxylic acids is 1. The Morgan fingerprint density at radius 3 is 2.48 bits per heavy atom. The molecule has 2 rings (SSSR count). The largest absolute Gasteiger partial charge is 0.449 e. The first-order chi connectivity index (χ1) is 10.1. The molecule has 0 aromatic carbocycles. The van der Waals surface area contributed by atoms with Gasteiger partial charge in [-0.2, -0.15) is 0 Å². The Kier molecular flexibility index (Phi) is 6.30. The molecule has 122 valence electrons. The van der Waals surface area contributed by atoms with Gasteiger partial charge in [-0.25, -0.2) is 4.79 Å². The minimum atomic E-state index is -0.140. The highest BCUT2D eigenvalue weighted by molar-refractivity contribution is 5.67. The van der Waals surface area contributed by atoms with E-state index in [0.29, 0.717) is 12.5 Å². The molecule has 0 saturated carbocycles. The first-order valence-corrected chi connectivity index (χ1v) is 8.40. The summed E-state index contributed by atoms with van der Waals surface area (Å²) >= 11 is 0. The highest BCUT2D eigenvalue weighted by Gasteiger charge is 2.25. The van der Waals surface area contributed by atoms with Crippen molar-refractivity contribution in [2.75, 3.05) is 52.9 Å². The summed E-state index contributed by atoms with van der Waals surface area (Å²) in [7, 11) is 2.24. The molecule has 21 heavy (non-hydrogen) atoms. The van der Waals surface area contributed by atoms with E-state index in [1.165, 1.54) is 25.8 Å². The maximum absolute atomic E-state index is 11.9. The fraction of sp³-hybridized carbons (Fsp3) is 0.938. The van der Waals surface area contributed by atoms with Crippen molar-refractivity contribution in [2.24, 2.45) is 5.92 Å². The zero-order chi connectivity index (χ0) is 15.2. The summed E-state index contributed by atoms with van der Waals surface area (Å²) in [5.41, 5.74) is 0. The molecule has 2 aliphatic heterocycles. The number of hydrogen-bond donors (Lipinski definition) is 0.